The van der Waals surface area contributed by atoms with Crippen molar-refractivity contribution in [1.82, 2.24) is 0 Å². The first kappa shape index (κ1) is 50.0. The zero-order chi connectivity index (χ0) is 43.0. The van der Waals surface area contributed by atoms with Gasteiger partial charge in [0.05, 0.1) is 13.2 Å². The zero-order valence-corrected chi connectivity index (χ0v) is 31.3. The molecule has 2 fully saturated rings. The largest absolute Gasteiger partial charge is 0.726 e. The van der Waals surface area contributed by atoms with Gasteiger partial charge in [0.25, 0.3) is 0 Å². The van der Waals surface area contributed by atoms with Crippen LogP contribution in [0.15, 0.2) is 0 Å². The lowest BCUT2D eigenvalue weighted by atomic mass is 9.97. The summed E-state index contributed by atoms with van der Waals surface area (Å²) >= 11 is 0. The summed E-state index contributed by atoms with van der Waals surface area (Å²) in [7, 11) is -50.8. The Morgan fingerprint density at radius 2 is 0.600 bits per heavy atom. The average molecular weight is 975 g/mol. The number of ether oxygens (including phenoxy) is 3. The molecule has 0 radical (unpaired) electrons. The molecule has 2 rings (SSSR count). The lowest BCUT2D eigenvalue weighted by Crippen LogP contribution is -2.67. The van der Waals surface area contributed by atoms with E-state index in [0.29, 0.717) is 0 Å². The van der Waals surface area contributed by atoms with E-state index >= 15 is 0 Å². The van der Waals surface area contributed by atoms with Gasteiger partial charge in [0.15, 0.2) is 18.5 Å². The molecule has 10 unspecified atom stereocenters. The van der Waals surface area contributed by atoms with E-state index in [1.165, 1.54) is 0 Å². The van der Waals surface area contributed by atoms with E-state index in [1.54, 1.807) is 0 Å². The quantitative estimate of drug-likeness (QED) is 0.0807. The molecular weight excluding hydrogens is 961 g/mol. The van der Waals surface area contributed by atoms with Crippen LogP contribution in [0.25, 0.3) is 0 Å². The van der Waals surface area contributed by atoms with E-state index in [9.17, 15) is 104 Å². The lowest BCUT2D eigenvalue weighted by molar-refractivity contribution is -0.341. The standard InChI is InChI=1S/C12H22O35S8/c13-48(14,15)37-1-3-5(7(43-51(22,23)24)10(46-54(31,32)33)12(40-3)47-55(34,35)36)41-11-9(45-53(28,29)30)8(44-52(25,26)27)6(42-50(19,20)21)4(39-11)2-38-49(16,17)18/h3-12H,1-2H2,(H,13,14,15)(H,16,17,18)(H,19,20,21)(H,22,23,24)(H,25,26,27)(H,28,29,30)(H,31,32,33)(H,34,35,36)/p-8. The van der Waals surface area contributed by atoms with Gasteiger partial charge in [-0.15, -0.1) is 0 Å². The van der Waals surface area contributed by atoms with Gasteiger partial charge in [0.2, 0.25) is 89.5 Å². The normalized spacial score (nSPS) is 30.9. The SMILES string of the molecule is O=S(=O)([O-])OCC1OC(OS(=O)(=O)[O-])C(OS(=O)(=O)[O-])C(OS(=O)(=O)[O-])C1OC1OC(COS(=O)(=O)[O-])C(OS(=O)(=O)[O-])C(OS(=O)(=O)[O-])C1OS(=O)(=O)[O-]. The Morgan fingerprint density at radius 3 is 0.945 bits per heavy atom. The monoisotopic (exact) mass is 974 g/mol. The molecule has 0 saturated carbocycles. The predicted octanol–water partition coefficient (Wildman–Crippen LogP) is -9.52. The maximum absolute atomic E-state index is 11.7. The molecule has 0 bridgehead atoms. The summed E-state index contributed by atoms with van der Waals surface area (Å²) in [6.45, 7) is -4.19. The summed E-state index contributed by atoms with van der Waals surface area (Å²) in [5.74, 6) is 0. The maximum Gasteiger partial charge on any atom is 0.220 e. The van der Waals surface area contributed by atoms with Gasteiger partial charge in [-0.1, -0.05) is 0 Å². The fourth-order valence-electron chi connectivity index (χ4n) is 4.17. The van der Waals surface area contributed by atoms with Gasteiger partial charge in [-0.2, -0.15) is 0 Å². The Hall–Kier alpha value is -1.16. The van der Waals surface area contributed by atoms with Gasteiger partial charge in [0, 0.05) is 0 Å². The Morgan fingerprint density at radius 1 is 0.327 bits per heavy atom. The van der Waals surface area contributed by atoms with Gasteiger partial charge in [0.1, 0.15) is 36.6 Å². The first-order valence-electron chi connectivity index (χ1n) is 12.2. The van der Waals surface area contributed by atoms with E-state index in [2.05, 4.69) is 38.2 Å². The van der Waals surface area contributed by atoms with Crippen LogP contribution in [0.3, 0.4) is 0 Å². The van der Waals surface area contributed by atoms with E-state index in [1.807, 2.05) is 0 Å². The van der Waals surface area contributed by atoms with Crippen LogP contribution in [-0.4, -0.2) is 178 Å². The number of hydrogen-bond donors (Lipinski definition) is 0. The van der Waals surface area contributed by atoms with Crippen molar-refractivity contribution in [2.24, 2.45) is 0 Å². The highest BCUT2D eigenvalue weighted by molar-refractivity contribution is 7.82. The summed E-state index contributed by atoms with van der Waals surface area (Å²) in [4.78, 5) is 0. The van der Waals surface area contributed by atoms with Gasteiger partial charge in [-0.05, 0) is 0 Å². The summed E-state index contributed by atoms with van der Waals surface area (Å²) in [6.07, 6.45) is -34.0. The minimum absolute atomic E-state index is 2.09. The summed E-state index contributed by atoms with van der Waals surface area (Å²) in [6, 6.07) is 0. The van der Waals surface area contributed by atoms with Crippen LogP contribution >= 0.6 is 0 Å². The second kappa shape index (κ2) is 17.6. The van der Waals surface area contributed by atoms with Gasteiger partial charge in [-0.25, -0.2) is 71.5 Å². The molecule has 0 aromatic carbocycles. The van der Waals surface area contributed by atoms with Crippen LogP contribution < -0.4 is 0 Å². The van der Waals surface area contributed by atoms with Crippen molar-refractivity contribution in [3.8, 4) is 0 Å². The van der Waals surface area contributed by atoms with Crippen LogP contribution in [0.2, 0.25) is 0 Å². The fourth-order valence-corrected chi connectivity index (χ4v) is 7.59. The molecule has 35 nitrogen and oxygen atoms in total. The first-order chi connectivity index (χ1) is 24.2. The molecule has 55 heavy (non-hydrogen) atoms. The van der Waals surface area contributed by atoms with E-state index < -0.39 is 158 Å². The number of rotatable bonds is 20. The molecule has 0 aromatic rings. The van der Waals surface area contributed by atoms with E-state index in [-0.39, 0.29) is 0 Å². The summed E-state index contributed by atoms with van der Waals surface area (Å²) in [5, 5.41) is 0. The third kappa shape index (κ3) is 19.0. The highest BCUT2D eigenvalue weighted by atomic mass is 32.3. The Balaban J connectivity index is 3.02. The Labute approximate surface area is 308 Å². The smallest absolute Gasteiger partial charge is 0.220 e. The highest BCUT2D eigenvalue weighted by Crippen LogP contribution is 2.37. The van der Waals surface area contributed by atoms with Crippen LogP contribution in [0.4, 0.5) is 0 Å². The lowest BCUT2D eigenvalue weighted by Gasteiger charge is -2.49. The van der Waals surface area contributed by atoms with Crippen molar-refractivity contribution in [3.05, 3.63) is 0 Å². The minimum Gasteiger partial charge on any atom is -0.726 e. The molecule has 2 heterocycles. The molecule has 0 aromatic heterocycles. The van der Waals surface area contributed by atoms with Gasteiger partial charge in [-0.3, -0.25) is 29.3 Å². The van der Waals surface area contributed by atoms with Crippen LogP contribution in [0.1, 0.15) is 0 Å². The van der Waals surface area contributed by atoms with Crippen LogP contribution in [0, 0.1) is 0 Å². The molecule has 10 atom stereocenters. The molecule has 0 amide bonds. The Kier molecular flexibility index (Phi) is 16.0. The van der Waals surface area contributed by atoms with Crippen molar-refractivity contribution >= 4 is 83.2 Å². The van der Waals surface area contributed by atoms with Crippen molar-refractivity contribution < 1.29 is 151 Å². The van der Waals surface area contributed by atoms with E-state index in [0.717, 1.165) is 0 Å². The minimum atomic E-state index is -6.53. The molecular formula is C12H14O35S8-8. The van der Waals surface area contributed by atoms with Crippen molar-refractivity contribution in [3.63, 3.8) is 0 Å². The van der Waals surface area contributed by atoms with Crippen molar-refractivity contribution in [1.29, 1.82) is 0 Å². The third-order valence-electron chi connectivity index (χ3n) is 5.58. The second-order valence-electron chi connectivity index (χ2n) is 9.42. The zero-order valence-electron chi connectivity index (χ0n) is 24.7. The van der Waals surface area contributed by atoms with E-state index in [4.69, 9.17) is 9.47 Å². The second-order valence-corrected chi connectivity index (χ2v) is 17.6. The molecule has 43 heteroatoms. The molecule has 2 aliphatic heterocycles. The highest BCUT2D eigenvalue weighted by Gasteiger charge is 2.57. The average Bonchev–Trinajstić information content (AvgIpc) is 2.88. The van der Waals surface area contributed by atoms with Crippen molar-refractivity contribution in [2.75, 3.05) is 13.2 Å². The molecule has 2 saturated heterocycles. The molecule has 0 aliphatic carbocycles. The summed E-state index contributed by atoms with van der Waals surface area (Å²) < 4.78 is 319. The van der Waals surface area contributed by atoms with Gasteiger partial charge < -0.3 is 50.6 Å². The number of hydrogen-bond acceptors (Lipinski definition) is 35. The third-order valence-corrected chi connectivity index (χ3v) is 9.15. The predicted molar refractivity (Wildman–Crippen MR) is 137 cm³/mol. The molecule has 328 valence electrons. The van der Waals surface area contributed by atoms with Crippen molar-refractivity contribution in [2.45, 2.75) is 61.4 Å². The molecule has 2 aliphatic rings. The maximum atomic E-state index is 11.7. The van der Waals surface area contributed by atoms with Gasteiger partial charge >= 0.3 is 0 Å². The van der Waals surface area contributed by atoms with Crippen LogP contribution in [0.5, 0.6) is 0 Å². The summed E-state index contributed by atoms with van der Waals surface area (Å²) in [5.41, 5.74) is 0. The van der Waals surface area contributed by atoms with Crippen LogP contribution in [-0.2, 0) is 131 Å². The topological polar surface area (TPSA) is 559 Å². The Bertz CT molecular complexity index is 2260. The molecule has 0 spiro atoms. The first-order valence-corrected chi connectivity index (χ1v) is 22.9. The fraction of sp³-hybridized carbons (Fsp3) is 1.00. The molecule has 0 N–H and O–H groups in total.